The van der Waals surface area contributed by atoms with Crippen LogP contribution in [0.25, 0.3) is 22.6 Å². The molecule has 0 aliphatic heterocycles. The van der Waals surface area contributed by atoms with Crippen LogP contribution in [0.1, 0.15) is 6.92 Å². The van der Waals surface area contributed by atoms with Crippen LogP contribution in [-0.4, -0.2) is 27.2 Å². The molecule has 11 heteroatoms. The van der Waals surface area contributed by atoms with Gasteiger partial charge in [0.15, 0.2) is 5.82 Å². The van der Waals surface area contributed by atoms with Crippen LogP contribution in [-0.2, 0) is 0 Å². The van der Waals surface area contributed by atoms with Gasteiger partial charge in [-0.05, 0) is 19.1 Å². The van der Waals surface area contributed by atoms with Gasteiger partial charge in [0.2, 0.25) is 0 Å². The van der Waals surface area contributed by atoms with E-state index in [0.29, 0.717) is 12.1 Å². The van der Waals surface area contributed by atoms with Gasteiger partial charge >= 0.3 is 6.18 Å². The highest BCUT2D eigenvalue weighted by atomic mass is 35.5. The van der Waals surface area contributed by atoms with Crippen molar-refractivity contribution in [1.82, 2.24) is 15.0 Å². The molecule has 2 heterocycles. The van der Waals surface area contributed by atoms with Crippen molar-refractivity contribution in [3.05, 3.63) is 59.1 Å². The van der Waals surface area contributed by atoms with Crippen molar-refractivity contribution < 1.29 is 26.3 Å². The van der Waals surface area contributed by atoms with Gasteiger partial charge in [-0.1, -0.05) is 17.7 Å². The second-order valence-electron chi connectivity index (χ2n) is 5.93. The maximum atomic E-state index is 14.3. The van der Waals surface area contributed by atoms with E-state index in [1.54, 1.807) is 12.1 Å². The molecule has 0 saturated carbocycles. The molecule has 1 N–H and O–H groups in total. The van der Waals surface area contributed by atoms with Gasteiger partial charge in [-0.15, -0.1) is 0 Å². The van der Waals surface area contributed by atoms with E-state index in [0.717, 1.165) is 6.92 Å². The van der Waals surface area contributed by atoms with Crippen LogP contribution in [0.4, 0.5) is 32.2 Å². The molecule has 0 unspecified atom stereocenters. The van der Waals surface area contributed by atoms with E-state index in [4.69, 9.17) is 11.6 Å². The fourth-order valence-electron chi connectivity index (χ4n) is 2.44. The van der Waals surface area contributed by atoms with E-state index < -0.39 is 51.8 Å². The summed E-state index contributed by atoms with van der Waals surface area (Å²) in [5.41, 5.74) is -1.26. The molecule has 0 spiro atoms. The van der Waals surface area contributed by atoms with E-state index in [1.807, 2.05) is 0 Å². The van der Waals surface area contributed by atoms with Crippen LogP contribution in [0.15, 0.2) is 36.5 Å². The van der Waals surface area contributed by atoms with Crippen molar-refractivity contribution in [2.24, 2.45) is 0 Å². The maximum Gasteiger partial charge on any atom is 0.408 e. The molecule has 3 aromatic rings. The van der Waals surface area contributed by atoms with E-state index >= 15 is 0 Å². The van der Waals surface area contributed by atoms with Crippen LogP contribution in [0.3, 0.4) is 0 Å². The molecule has 29 heavy (non-hydrogen) atoms. The minimum Gasteiger partial charge on any atom is -0.358 e. The smallest absolute Gasteiger partial charge is 0.358 e. The Kier molecular flexibility index (Phi) is 5.65. The molecule has 0 bridgehead atoms. The van der Waals surface area contributed by atoms with Crippen LogP contribution >= 0.6 is 11.6 Å². The van der Waals surface area contributed by atoms with Gasteiger partial charge in [0.1, 0.15) is 40.2 Å². The normalized spacial score (nSPS) is 12.7. The Morgan fingerprint density at radius 2 is 1.66 bits per heavy atom. The summed E-state index contributed by atoms with van der Waals surface area (Å²) in [5.74, 6) is -4.70. The lowest BCUT2D eigenvalue weighted by Crippen LogP contribution is -2.33. The van der Waals surface area contributed by atoms with Crippen LogP contribution < -0.4 is 5.32 Å². The number of rotatable bonds is 4. The first-order valence-electron chi connectivity index (χ1n) is 8.05. The summed E-state index contributed by atoms with van der Waals surface area (Å²) in [6.07, 6.45) is -3.30. The Hall–Kier alpha value is -2.88. The Balaban J connectivity index is 2.25. The molecule has 0 saturated heterocycles. The van der Waals surface area contributed by atoms with Crippen molar-refractivity contribution in [1.29, 1.82) is 0 Å². The largest absolute Gasteiger partial charge is 0.408 e. The lowest BCUT2D eigenvalue weighted by Gasteiger charge is -2.21. The zero-order chi connectivity index (χ0) is 21.3. The maximum absolute atomic E-state index is 14.3. The van der Waals surface area contributed by atoms with Crippen LogP contribution in [0.2, 0.25) is 5.15 Å². The molecule has 152 valence electrons. The summed E-state index contributed by atoms with van der Waals surface area (Å²) in [5, 5.41) is 1.51. The van der Waals surface area contributed by atoms with Gasteiger partial charge < -0.3 is 5.32 Å². The molecule has 0 amide bonds. The first kappa shape index (κ1) is 20.8. The Morgan fingerprint density at radius 3 is 2.21 bits per heavy atom. The number of benzene rings is 1. The SMILES string of the molecule is C[C@H](Nc1nc(-c2ccccn2)nc(Cl)c1-c1c(F)cc(F)cc1F)C(F)(F)F. The predicted molar refractivity (Wildman–Crippen MR) is 94.7 cm³/mol. The number of hydrogen-bond acceptors (Lipinski definition) is 4. The van der Waals surface area contributed by atoms with Crippen molar-refractivity contribution in [3.63, 3.8) is 0 Å². The molecule has 3 rings (SSSR count). The number of nitrogens with zero attached hydrogens (tertiary/aromatic N) is 3. The number of alkyl halides is 3. The van der Waals surface area contributed by atoms with Crippen molar-refractivity contribution in [2.45, 2.75) is 19.1 Å². The molecule has 1 aromatic carbocycles. The van der Waals surface area contributed by atoms with Crippen molar-refractivity contribution >= 4 is 17.4 Å². The highest BCUT2D eigenvalue weighted by molar-refractivity contribution is 6.32. The quantitative estimate of drug-likeness (QED) is 0.428. The van der Waals surface area contributed by atoms with E-state index in [2.05, 4.69) is 20.3 Å². The van der Waals surface area contributed by atoms with Crippen LogP contribution in [0, 0.1) is 17.5 Å². The predicted octanol–water partition coefficient (Wildman–Crippen LogP) is 5.64. The molecule has 1 atom stereocenters. The summed E-state index contributed by atoms with van der Waals surface area (Å²) in [6.45, 7) is 0.789. The standard InChI is InChI=1S/C18H11ClF6N4/c1-8(18(23,24)25)27-17-14(13-10(21)6-9(20)7-11(13)22)15(19)28-16(29-17)12-4-2-3-5-26-12/h2-8H,1H3,(H,27,28,29)/t8-/m0/s1. The lowest BCUT2D eigenvalue weighted by molar-refractivity contribution is -0.138. The van der Waals surface area contributed by atoms with Crippen LogP contribution in [0.5, 0.6) is 0 Å². The van der Waals surface area contributed by atoms with Gasteiger partial charge in [0.05, 0.1) is 11.1 Å². The summed E-state index contributed by atoms with van der Waals surface area (Å²) < 4.78 is 81.0. The Bertz CT molecular complexity index is 1020. The van der Waals surface area contributed by atoms with E-state index in [1.165, 1.54) is 12.3 Å². The third kappa shape index (κ3) is 4.42. The lowest BCUT2D eigenvalue weighted by atomic mass is 10.1. The number of halogens is 7. The molecule has 2 aromatic heterocycles. The second kappa shape index (κ2) is 7.86. The first-order chi connectivity index (χ1) is 13.6. The Morgan fingerprint density at radius 1 is 1.00 bits per heavy atom. The summed E-state index contributed by atoms with van der Waals surface area (Å²) in [4.78, 5) is 11.8. The fourth-order valence-corrected chi connectivity index (χ4v) is 2.70. The molecule has 0 aliphatic rings. The number of pyridine rings is 1. The van der Waals surface area contributed by atoms with Gasteiger partial charge in [-0.2, -0.15) is 13.2 Å². The van der Waals surface area contributed by atoms with E-state index in [-0.39, 0.29) is 11.5 Å². The summed E-state index contributed by atoms with van der Waals surface area (Å²) >= 11 is 6.07. The summed E-state index contributed by atoms with van der Waals surface area (Å²) in [6, 6.07) is 3.25. The van der Waals surface area contributed by atoms with Crippen molar-refractivity contribution in [2.75, 3.05) is 5.32 Å². The zero-order valence-corrected chi connectivity index (χ0v) is 15.3. The third-order valence-corrected chi connectivity index (χ3v) is 4.13. The van der Waals surface area contributed by atoms with Gasteiger partial charge in [0, 0.05) is 18.3 Å². The first-order valence-corrected chi connectivity index (χ1v) is 8.43. The fraction of sp³-hybridized carbons (Fsp3) is 0.167. The highest BCUT2D eigenvalue weighted by Crippen LogP contribution is 2.38. The Labute approximate surface area is 165 Å². The second-order valence-corrected chi connectivity index (χ2v) is 6.29. The average Bonchev–Trinajstić information content (AvgIpc) is 2.62. The number of anilines is 1. The zero-order valence-electron chi connectivity index (χ0n) is 14.5. The average molecular weight is 433 g/mol. The molecule has 0 radical (unpaired) electrons. The molecule has 0 fully saturated rings. The van der Waals surface area contributed by atoms with E-state index in [9.17, 15) is 26.3 Å². The minimum absolute atomic E-state index is 0.167. The molecular weight excluding hydrogens is 422 g/mol. The monoisotopic (exact) mass is 432 g/mol. The summed E-state index contributed by atoms with van der Waals surface area (Å²) in [7, 11) is 0. The van der Waals surface area contributed by atoms with Gasteiger partial charge in [-0.3, -0.25) is 4.98 Å². The number of aromatic nitrogens is 3. The van der Waals surface area contributed by atoms with Crippen molar-refractivity contribution in [3.8, 4) is 22.6 Å². The minimum atomic E-state index is -4.69. The number of hydrogen-bond donors (Lipinski definition) is 1. The topological polar surface area (TPSA) is 50.7 Å². The molecule has 0 aliphatic carbocycles. The third-order valence-electron chi connectivity index (χ3n) is 3.86. The van der Waals surface area contributed by atoms with Gasteiger partial charge in [-0.25, -0.2) is 23.1 Å². The molecule has 4 nitrogen and oxygen atoms in total. The van der Waals surface area contributed by atoms with Gasteiger partial charge in [0.25, 0.3) is 0 Å². The molecular formula is C18H11ClF6N4. The number of nitrogens with one attached hydrogen (secondary N) is 1. The highest BCUT2D eigenvalue weighted by Gasteiger charge is 2.37.